The highest BCUT2D eigenvalue weighted by molar-refractivity contribution is 5.99. The Kier molecular flexibility index (Phi) is 5.60. The molecular weight excluding hydrogens is 252 g/mol. The fourth-order valence-electron chi connectivity index (χ4n) is 2.65. The zero-order valence-corrected chi connectivity index (χ0v) is 12.4. The number of carbonyl (C=O) groups excluding carboxylic acids is 1. The van der Waals surface area contributed by atoms with Gasteiger partial charge in [-0.2, -0.15) is 0 Å². The quantitative estimate of drug-likeness (QED) is 0.740. The van der Waals surface area contributed by atoms with Gasteiger partial charge in [-0.15, -0.1) is 0 Å². The predicted molar refractivity (Wildman–Crippen MR) is 79.3 cm³/mol. The van der Waals surface area contributed by atoms with E-state index >= 15 is 0 Å². The Morgan fingerprint density at radius 2 is 1.90 bits per heavy atom. The molecule has 0 spiro atoms. The molecule has 1 fully saturated rings. The summed E-state index contributed by atoms with van der Waals surface area (Å²) < 4.78 is 11.3. The van der Waals surface area contributed by atoms with E-state index in [9.17, 15) is 4.79 Å². The van der Waals surface area contributed by atoms with Crippen LogP contribution in [0, 0.1) is 5.92 Å². The van der Waals surface area contributed by atoms with Crippen molar-refractivity contribution in [3.05, 3.63) is 29.8 Å². The predicted octanol–water partition coefficient (Wildman–Crippen LogP) is 3.86. The molecule has 0 heterocycles. The van der Waals surface area contributed by atoms with Crippen LogP contribution in [0.3, 0.4) is 0 Å². The van der Waals surface area contributed by atoms with Crippen molar-refractivity contribution in [3.8, 4) is 5.75 Å². The van der Waals surface area contributed by atoms with Crippen LogP contribution in [-0.2, 0) is 4.74 Å². The van der Waals surface area contributed by atoms with Gasteiger partial charge in [-0.25, -0.2) is 0 Å². The van der Waals surface area contributed by atoms with Crippen molar-refractivity contribution >= 4 is 5.78 Å². The summed E-state index contributed by atoms with van der Waals surface area (Å²) in [6.45, 7) is 4.91. The first-order valence-electron chi connectivity index (χ1n) is 7.57. The average Bonchev–Trinajstić information content (AvgIpc) is 2.47. The smallest absolute Gasteiger partial charge is 0.192 e. The van der Waals surface area contributed by atoms with Gasteiger partial charge in [0.25, 0.3) is 0 Å². The first-order valence-corrected chi connectivity index (χ1v) is 7.57. The van der Waals surface area contributed by atoms with Crippen molar-refractivity contribution in [2.75, 3.05) is 13.2 Å². The van der Waals surface area contributed by atoms with Crippen molar-refractivity contribution < 1.29 is 14.3 Å². The monoisotopic (exact) mass is 276 g/mol. The molecule has 2 rings (SSSR count). The Bertz CT molecular complexity index is 434. The Balaban J connectivity index is 1.88. The number of hydrogen-bond acceptors (Lipinski definition) is 3. The maximum atomic E-state index is 12.2. The molecule has 3 heteroatoms. The Morgan fingerprint density at radius 1 is 1.20 bits per heavy atom. The molecule has 0 bridgehead atoms. The van der Waals surface area contributed by atoms with Gasteiger partial charge in [-0.05, 0) is 50.7 Å². The van der Waals surface area contributed by atoms with Crippen LogP contribution in [0.5, 0.6) is 5.75 Å². The Morgan fingerprint density at radius 3 is 2.60 bits per heavy atom. The molecule has 1 aromatic carbocycles. The normalized spacial score (nSPS) is 22.5. The minimum absolute atomic E-state index is 0.00710. The molecule has 1 aromatic rings. The van der Waals surface area contributed by atoms with E-state index in [0.29, 0.717) is 17.9 Å². The molecule has 0 unspecified atom stereocenters. The number of Topliss-reactive ketones (excluding diaryl/α,β-unsaturated/α-hetero) is 1. The molecule has 3 nitrogen and oxygen atoms in total. The van der Waals surface area contributed by atoms with Crippen LogP contribution in [0.1, 0.15) is 49.9 Å². The molecule has 0 radical (unpaired) electrons. The number of ketones is 1. The molecule has 0 amide bonds. The summed E-state index contributed by atoms with van der Waals surface area (Å²) in [6.07, 6.45) is 4.79. The zero-order valence-electron chi connectivity index (χ0n) is 12.4. The zero-order chi connectivity index (χ0) is 14.4. The largest absolute Gasteiger partial charge is 0.493 e. The first-order chi connectivity index (χ1) is 9.70. The van der Waals surface area contributed by atoms with Crippen LogP contribution in [0.15, 0.2) is 24.3 Å². The van der Waals surface area contributed by atoms with Crippen LogP contribution in [0.2, 0.25) is 0 Å². The van der Waals surface area contributed by atoms with Crippen LogP contribution in [-0.4, -0.2) is 25.1 Å². The van der Waals surface area contributed by atoms with Gasteiger partial charge >= 0.3 is 0 Å². The van der Waals surface area contributed by atoms with Crippen LogP contribution < -0.4 is 4.74 Å². The van der Waals surface area contributed by atoms with E-state index in [0.717, 1.165) is 18.8 Å². The third kappa shape index (κ3) is 4.07. The summed E-state index contributed by atoms with van der Waals surface area (Å²) in [5.41, 5.74) is 0.624. The number of hydrogen-bond donors (Lipinski definition) is 0. The van der Waals surface area contributed by atoms with Gasteiger partial charge in [0.2, 0.25) is 0 Å². The van der Waals surface area contributed by atoms with E-state index in [4.69, 9.17) is 9.47 Å². The number of para-hydroxylation sites is 1. The fourth-order valence-corrected chi connectivity index (χ4v) is 2.65. The van der Waals surface area contributed by atoms with Crippen molar-refractivity contribution in [1.82, 2.24) is 0 Å². The molecule has 1 saturated carbocycles. The van der Waals surface area contributed by atoms with E-state index in [1.807, 2.05) is 25.1 Å². The molecule has 0 saturated heterocycles. The maximum absolute atomic E-state index is 12.2. The van der Waals surface area contributed by atoms with Crippen molar-refractivity contribution in [2.45, 2.75) is 45.6 Å². The second kappa shape index (κ2) is 7.44. The van der Waals surface area contributed by atoms with Gasteiger partial charge in [-0.3, -0.25) is 4.79 Å². The molecule has 0 N–H and O–H groups in total. The summed E-state index contributed by atoms with van der Waals surface area (Å²) >= 11 is 0. The highest BCUT2D eigenvalue weighted by atomic mass is 16.5. The number of rotatable bonds is 6. The van der Waals surface area contributed by atoms with Crippen molar-refractivity contribution in [3.63, 3.8) is 0 Å². The van der Waals surface area contributed by atoms with Gasteiger partial charge in [0.15, 0.2) is 5.78 Å². The van der Waals surface area contributed by atoms with E-state index in [1.165, 1.54) is 12.8 Å². The van der Waals surface area contributed by atoms with E-state index < -0.39 is 0 Å². The van der Waals surface area contributed by atoms with Gasteiger partial charge in [-0.1, -0.05) is 19.1 Å². The third-order valence-corrected chi connectivity index (χ3v) is 3.90. The summed E-state index contributed by atoms with van der Waals surface area (Å²) in [7, 11) is 0. The summed E-state index contributed by atoms with van der Waals surface area (Å²) in [5.74, 6) is 1.46. The topological polar surface area (TPSA) is 35.5 Å². The lowest BCUT2D eigenvalue weighted by atomic mass is 9.89. The maximum Gasteiger partial charge on any atom is 0.192 e. The van der Waals surface area contributed by atoms with Gasteiger partial charge in [0.1, 0.15) is 12.4 Å². The van der Waals surface area contributed by atoms with Gasteiger partial charge in [0, 0.05) is 0 Å². The summed E-state index contributed by atoms with van der Waals surface area (Å²) in [6, 6.07) is 7.38. The minimum atomic E-state index is 0.00710. The number of ether oxygens (including phenoxy) is 2. The van der Waals surface area contributed by atoms with Crippen molar-refractivity contribution in [1.29, 1.82) is 0 Å². The highest BCUT2D eigenvalue weighted by Gasteiger charge is 2.20. The number of benzene rings is 1. The van der Waals surface area contributed by atoms with Crippen molar-refractivity contribution in [2.24, 2.45) is 5.92 Å². The SMILES string of the molecule is CCOc1ccccc1C(=O)COC1CCC(C)CC1. The van der Waals surface area contributed by atoms with E-state index in [-0.39, 0.29) is 18.5 Å². The first kappa shape index (κ1) is 15.0. The molecule has 0 aromatic heterocycles. The lowest BCUT2D eigenvalue weighted by Crippen LogP contribution is -2.23. The second-order valence-electron chi connectivity index (χ2n) is 5.55. The minimum Gasteiger partial charge on any atom is -0.493 e. The molecule has 1 aliphatic rings. The molecule has 20 heavy (non-hydrogen) atoms. The standard InChI is InChI=1S/C17H24O3/c1-3-19-17-7-5-4-6-15(17)16(18)12-20-14-10-8-13(2)9-11-14/h4-7,13-14H,3,8-12H2,1-2H3. The Hall–Kier alpha value is -1.35. The molecule has 110 valence electrons. The molecular formula is C17H24O3. The third-order valence-electron chi connectivity index (χ3n) is 3.90. The lowest BCUT2D eigenvalue weighted by molar-refractivity contribution is 0.0216. The molecule has 0 atom stereocenters. The fraction of sp³-hybridized carbons (Fsp3) is 0.588. The Labute approximate surface area is 121 Å². The molecule has 1 aliphatic carbocycles. The van der Waals surface area contributed by atoms with Crippen LogP contribution >= 0.6 is 0 Å². The summed E-state index contributed by atoms with van der Waals surface area (Å²) in [4.78, 5) is 12.2. The highest BCUT2D eigenvalue weighted by Crippen LogP contribution is 2.26. The van der Waals surface area contributed by atoms with Crippen LogP contribution in [0.4, 0.5) is 0 Å². The van der Waals surface area contributed by atoms with E-state index in [2.05, 4.69) is 6.92 Å². The average molecular weight is 276 g/mol. The summed E-state index contributed by atoms with van der Waals surface area (Å²) in [5, 5.41) is 0. The lowest BCUT2D eigenvalue weighted by Gasteiger charge is -2.26. The van der Waals surface area contributed by atoms with Gasteiger partial charge < -0.3 is 9.47 Å². The second-order valence-corrected chi connectivity index (χ2v) is 5.55. The van der Waals surface area contributed by atoms with E-state index in [1.54, 1.807) is 6.07 Å². The van der Waals surface area contributed by atoms with Crippen LogP contribution in [0.25, 0.3) is 0 Å². The number of carbonyl (C=O) groups is 1. The van der Waals surface area contributed by atoms with Gasteiger partial charge in [0.05, 0.1) is 18.3 Å². The molecule has 0 aliphatic heterocycles.